The van der Waals surface area contributed by atoms with Crippen molar-refractivity contribution in [1.82, 2.24) is 9.97 Å². The number of hydrogen-bond donors (Lipinski definition) is 1. The molecule has 0 atom stereocenters. The maximum atomic E-state index is 13.0. The Kier molecular flexibility index (Phi) is 3.39. The maximum absolute atomic E-state index is 13.0. The van der Waals surface area contributed by atoms with Crippen molar-refractivity contribution in [3.8, 4) is 0 Å². The van der Waals surface area contributed by atoms with Crippen LogP contribution in [-0.2, 0) is 13.0 Å². The predicted octanol–water partition coefficient (Wildman–Crippen LogP) is 1.84. The smallest absolute Gasteiger partial charge is 0.133 e. The number of nitrogens with zero attached hydrogens (tertiary/aromatic N) is 2. The molecule has 2 aromatic rings. The van der Waals surface area contributed by atoms with Crippen LogP contribution in [-0.4, -0.2) is 15.1 Å². The monoisotopic (exact) mass is 236 g/mol. The van der Waals surface area contributed by atoms with Crippen LogP contribution in [0.4, 0.5) is 8.78 Å². The molecule has 1 aromatic heterocycles. The first-order chi connectivity index (χ1) is 8.17. The Labute approximate surface area is 96.8 Å². The first-order valence-electron chi connectivity index (χ1n) is 5.04. The third kappa shape index (κ3) is 3.04. The molecule has 1 aromatic carbocycles. The topological polar surface area (TPSA) is 46.0 Å². The zero-order valence-corrected chi connectivity index (χ0v) is 8.90. The summed E-state index contributed by atoms with van der Waals surface area (Å²) in [6.07, 6.45) is 1.73. The van der Waals surface area contributed by atoms with Gasteiger partial charge in [-0.3, -0.25) is 0 Å². The Hall–Kier alpha value is -1.88. The minimum absolute atomic E-state index is 0.187. The normalized spacial score (nSPS) is 10.5. The number of hydrogen-bond acceptors (Lipinski definition) is 3. The Morgan fingerprint density at radius 1 is 1.12 bits per heavy atom. The van der Waals surface area contributed by atoms with Gasteiger partial charge in [0.05, 0.1) is 12.3 Å². The number of aliphatic hydroxyl groups is 1. The Morgan fingerprint density at radius 3 is 2.47 bits per heavy atom. The molecule has 0 aliphatic carbocycles. The summed E-state index contributed by atoms with van der Waals surface area (Å²) >= 11 is 0. The lowest BCUT2D eigenvalue weighted by atomic mass is 10.1. The van der Waals surface area contributed by atoms with Crippen molar-refractivity contribution < 1.29 is 13.9 Å². The molecule has 0 saturated carbocycles. The Bertz CT molecular complexity index is 511. The van der Waals surface area contributed by atoms with E-state index in [1.165, 1.54) is 18.3 Å². The molecule has 2 rings (SSSR count). The number of benzene rings is 1. The molecular formula is C12H10F2N2O. The molecule has 0 spiro atoms. The first kappa shape index (κ1) is 11.6. The molecule has 1 N–H and O–H groups in total. The van der Waals surface area contributed by atoms with Gasteiger partial charge < -0.3 is 5.11 Å². The van der Waals surface area contributed by atoms with E-state index in [1.54, 1.807) is 6.07 Å². The molecule has 0 radical (unpaired) electrons. The quantitative estimate of drug-likeness (QED) is 0.884. The molecule has 0 amide bonds. The predicted molar refractivity (Wildman–Crippen MR) is 57.1 cm³/mol. The second-order valence-electron chi connectivity index (χ2n) is 3.58. The van der Waals surface area contributed by atoms with Crippen LogP contribution in [0.25, 0.3) is 0 Å². The summed E-state index contributed by atoms with van der Waals surface area (Å²) in [6.45, 7) is -0.187. The second-order valence-corrected chi connectivity index (χ2v) is 3.58. The summed E-state index contributed by atoms with van der Waals surface area (Å²) in [5, 5.41) is 8.91. The third-order valence-electron chi connectivity index (χ3n) is 2.21. The zero-order chi connectivity index (χ0) is 12.3. The van der Waals surface area contributed by atoms with Gasteiger partial charge in [0.15, 0.2) is 0 Å². The molecule has 0 aliphatic rings. The van der Waals surface area contributed by atoms with Crippen LogP contribution in [0, 0.1) is 11.6 Å². The average Bonchev–Trinajstić information content (AvgIpc) is 2.28. The molecule has 0 saturated heterocycles. The molecule has 0 aliphatic heterocycles. The van der Waals surface area contributed by atoms with Crippen molar-refractivity contribution in [2.75, 3.05) is 0 Å². The van der Waals surface area contributed by atoms with E-state index >= 15 is 0 Å². The van der Waals surface area contributed by atoms with Gasteiger partial charge >= 0.3 is 0 Å². The van der Waals surface area contributed by atoms with Gasteiger partial charge in [0.25, 0.3) is 0 Å². The first-order valence-corrected chi connectivity index (χ1v) is 5.04. The zero-order valence-electron chi connectivity index (χ0n) is 8.90. The molecule has 3 nitrogen and oxygen atoms in total. The third-order valence-corrected chi connectivity index (χ3v) is 2.21. The highest BCUT2D eigenvalue weighted by Gasteiger charge is 2.04. The van der Waals surface area contributed by atoms with E-state index in [4.69, 9.17) is 5.11 Å². The van der Waals surface area contributed by atoms with Gasteiger partial charge in [-0.2, -0.15) is 0 Å². The molecule has 0 fully saturated rings. The number of rotatable bonds is 3. The van der Waals surface area contributed by atoms with Gasteiger partial charge in [-0.15, -0.1) is 0 Å². The van der Waals surface area contributed by atoms with Crippen molar-refractivity contribution >= 4 is 0 Å². The van der Waals surface area contributed by atoms with Crippen molar-refractivity contribution in [2.24, 2.45) is 0 Å². The molecule has 5 heteroatoms. The summed E-state index contributed by atoms with van der Waals surface area (Å²) < 4.78 is 25.9. The summed E-state index contributed by atoms with van der Waals surface area (Å²) in [4.78, 5) is 8.01. The van der Waals surface area contributed by atoms with Gasteiger partial charge in [-0.1, -0.05) is 0 Å². The lowest BCUT2D eigenvalue weighted by molar-refractivity contribution is 0.276. The standard InChI is InChI=1S/C12H10F2N2O/c13-9-3-8(4-10(14)6-9)5-12-15-2-1-11(7-17)16-12/h1-4,6,17H,5,7H2. The van der Waals surface area contributed by atoms with Crippen molar-refractivity contribution in [2.45, 2.75) is 13.0 Å². The molecule has 1 heterocycles. The summed E-state index contributed by atoms with van der Waals surface area (Å²) in [5.41, 5.74) is 0.935. The summed E-state index contributed by atoms with van der Waals surface area (Å²) in [7, 11) is 0. The van der Waals surface area contributed by atoms with E-state index in [9.17, 15) is 8.78 Å². The lowest BCUT2D eigenvalue weighted by Crippen LogP contribution is -2.00. The molecular weight excluding hydrogens is 226 g/mol. The van der Waals surface area contributed by atoms with E-state index in [0.717, 1.165) is 6.07 Å². The fourth-order valence-corrected chi connectivity index (χ4v) is 1.51. The van der Waals surface area contributed by atoms with Crippen LogP contribution in [0.5, 0.6) is 0 Å². The van der Waals surface area contributed by atoms with Crippen molar-refractivity contribution in [3.63, 3.8) is 0 Å². The van der Waals surface area contributed by atoms with Gasteiger partial charge in [0.2, 0.25) is 0 Å². The van der Waals surface area contributed by atoms with E-state index < -0.39 is 11.6 Å². The highest BCUT2D eigenvalue weighted by molar-refractivity contribution is 5.21. The Balaban J connectivity index is 2.24. The summed E-state index contributed by atoms with van der Waals surface area (Å²) in [5.74, 6) is -0.835. The average molecular weight is 236 g/mol. The highest BCUT2D eigenvalue weighted by Crippen LogP contribution is 2.11. The van der Waals surface area contributed by atoms with E-state index in [1.807, 2.05) is 0 Å². The van der Waals surface area contributed by atoms with Crippen molar-refractivity contribution in [1.29, 1.82) is 0 Å². The second kappa shape index (κ2) is 4.97. The van der Waals surface area contributed by atoms with E-state index in [-0.39, 0.29) is 13.0 Å². The number of halogens is 2. The van der Waals surface area contributed by atoms with Crippen LogP contribution in [0.1, 0.15) is 17.1 Å². The fraction of sp³-hybridized carbons (Fsp3) is 0.167. The van der Waals surface area contributed by atoms with Gasteiger partial charge in [-0.05, 0) is 23.8 Å². The van der Waals surface area contributed by atoms with Crippen LogP contribution in [0.3, 0.4) is 0 Å². The van der Waals surface area contributed by atoms with Crippen LogP contribution in [0.15, 0.2) is 30.5 Å². The SMILES string of the molecule is OCc1ccnc(Cc2cc(F)cc(F)c2)n1. The molecule has 0 bridgehead atoms. The minimum atomic E-state index is -0.627. The van der Waals surface area contributed by atoms with Gasteiger partial charge in [-0.25, -0.2) is 18.7 Å². The van der Waals surface area contributed by atoms with E-state index in [0.29, 0.717) is 17.1 Å². The minimum Gasteiger partial charge on any atom is -0.390 e. The molecule has 0 unspecified atom stereocenters. The largest absolute Gasteiger partial charge is 0.390 e. The number of aromatic nitrogens is 2. The van der Waals surface area contributed by atoms with Crippen LogP contribution < -0.4 is 0 Å². The van der Waals surface area contributed by atoms with Crippen LogP contribution in [0.2, 0.25) is 0 Å². The van der Waals surface area contributed by atoms with Crippen LogP contribution >= 0.6 is 0 Å². The molecule has 88 valence electrons. The number of aliphatic hydroxyl groups excluding tert-OH is 1. The van der Waals surface area contributed by atoms with E-state index in [2.05, 4.69) is 9.97 Å². The maximum Gasteiger partial charge on any atom is 0.133 e. The van der Waals surface area contributed by atoms with Gasteiger partial charge in [0, 0.05) is 18.7 Å². The van der Waals surface area contributed by atoms with Gasteiger partial charge in [0.1, 0.15) is 17.5 Å². The van der Waals surface area contributed by atoms with Crippen molar-refractivity contribution in [3.05, 3.63) is 59.2 Å². The Morgan fingerprint density at radius 2 is 1.82 bits per heavy atom. The summed E-state index contributed by atoms with van der Waals surface area (Å²) in [6, 6.07) is 4.86. The lowest BCUT2D eigenvalue weighted by Gasteiger charge is -2.02. The highest BCUT2D eigenvalue weighted by atomic mass is 19.1. The molecule has 17 heavy (non-hydrogen) atoms. The fourth-order valence-electron chi connectivity index (χ4n) is 1.51.